The minimum atomic E-state index is -0.425. The molecular weight excluding hydrogens is 314 g/mol. The lowest BCUT2D eigenvalue weighted by molar-refractivity contribution is -0.129. The van der Waals surface area contributed by atoms with E-state index in [2.05, 4.69) is 13.0 Å². The van der Waals surface area contributed by atoms with Gasteiger partial charge >= 0.3 is 0 Å². The standard InChI is InChI=1S/C21H27NO3/c1-3-25-18-11-15-12(10-16(18)20(22)24)4-5-14-13(15)8-9-21(2)17(14)6-7-19(21)23/h10-11,13-14,17H,3-9H2,1-2H3,(H2,22,24)/t13?,14?,17?,21-/m0/s1. The average Bonchev–Trinajstić information content (AvgIpc) is 2.89. The number of carbonyl (C=O) groups is 2. The smallest absolute Gasteiger partial charge is 0.252 e. The molecule has 3 aliphatic rings. The Morgan fingerprint density at radius 1 is 1.28 bits per heavy atom. The molecule has 3 aliphatic carbocycles. The van der Waals surface area contributed by atoms with Crippen LogP contribution in [0.15, 0.2) is 12.1 Å². The Balaban J connectivity index is 1.74. The lowest BCUT2D eigenvalue weighted by atomic mass is 9.55. The fraction of sp³-hybridized carbons (Fsp3) is 0.619. The van der Waals surface area contributed by atoms with Gasteiger partial charge in [-0.15, -0.1) is 0 Å². The zero-order valence-corrected chi connectivity index (χ0v) is 15.1. The fourth-order valence-electron chi connectivity index (χ4n) is 5.84. The minimum Gasteiger partial charge on any atom is -0.493 e. The number of benzene rings is 1. The summed E-state index contributed by atoms with van der Waals surface area (Å²) in [6, 6.07) is 4.02. The first kappa shape index (κ1) is 16.6. The molecule has 134 valence electrons. The topological polar surface area (TPSA) is 69.4 Å². The summed E-state index contributed by atoms with van der Waals surface area (Å²) in [5.41, 5.74) is 8.52. The predicted octanol–water partition coefficient (Wildman–Crippen LogP) is 3.61. The van der Waals surface area contributed by atoms with Crippen LogP contribution in [0.25, 0.3) is 0 Å². The summed E-state index contributed by atoms with van der Waals surface area (Å²) in [7, 11) is 0. The molecule has 0 spiro atoms. The molecule has 0 aromatic heterocycles. The summed E-state index contributed by atoms with van der Waals surface area (Å²) in [6.45, 7) is 4.63. The van der Waals surface area contributed by atoms with Gasteiger partial charge in [-0.3, -0.25) is 9.59 Å². The van der Waals surface area contributed by atoms with Crippen LogP contribution in [0.4, 0.5) is 0 Å². The molecule has 2 fully saturated rings. The van der Waals surface area contributed by atoms with Gasteiger partial charge in [0.2, 0.25) is 0 Å². The van der Waals surface area contributed by atoms with Gasteiger partial charge in [0.1, 0.15) is 11.5 Å². The molecular formula is C21H27NO3. The lowest BCUT2D eigenvalue weighted by Crippen LogP contribution is -2.42. The van der Waals surface area contributed by atoms with Gasteiger partial charge in [-0.2, -0.15) is 0 Å². The Labute approximate surface area is 149 Å². The van der Waals surface area contributed by atoms with Crippen LogP contribution in [0.5, 0.6) is 5.75 Å². The van der Waals surface area contributed by atoms with E-state index in [0.717, 1.165) is 38.5 Å². The largest absolute Gasteiger partial charge is 0.493 e. The number of primary amides is 1. The van der Waals surface area contributed by atoms with Crippen molar-refractivity contribution in [2.45, 2.75) is 58.3 Å². The molecule has 4 heteroatoms. The van der Waals surface area contributed by atoms with Crippen molar-refractivity contribution in [2.24, 2.45) is 23.0 Å². The summed E-state index contributed by atoms with van der Waals surface area (Å²) >= 11 is 0. The SMILES string of the molecule is CCOc1cc2c(cc1C(N)=O)CCC1C2CC[C@]2(C)C(=O)CCC12. The van der Waals surface area contributed by atoms with Crippen molar-refractivity contribution in [1.29, 1.82) is 0 Å². The van der Waals surface area contributed by atoms with Crippen molar-refractivity contribution in [3.05, 3.63) is 28.8 Å². The van der Waals surface area contributed by atoms with E-state index >= 15 is 0 Å². The predicted molar refractivity (Wildman–Crippen MR) is 95.8 cm³/mol. The molecule has 1 amide bonds. The summed E-state index contributed by atoms with van der Waals surface area (Å²) in [5, 5.41) is 0. The molecule has 25 heavy (non-hydrogen) atoms. The van der Waals surface area contributed by atoms with Crippen molar-refractivity contribution in [2.75, 3.05) is 6.61 Å². The maximum atomic E-state index is 12.4. The molecule has 4 rings (SSSR count). The van der Waals surface area contributed by atoms with Crippen LogP contribution in [-0.2, 0) is 11.2 Å². The molecule has 3 unspecified atom stereocenters. The van der Waals surface area contributed by atoms with E-state index in [-0.39, 0.29) is 5.41 Å². The molecule has 4 atom stereocenters. The first-order valence-corrected chi connectivity index (χ1v) is 9.58. The van der Waals surface area contributed by atoms with Crippen LogP contribution in [0.1, 0.15) is 73.4 Å². The van der Waals surface area contributed by atoms with E-state index in [0.29, 0.717) is 41.5 Å². The normalized spacial score (nSPS) is 33.4. The molecule has 1 aromatic rings. The van der Waals surface area contributed by atoms with E-state index in [1.165, 1.54) is 11.1 Å². The minimum absolute atomic E-state index is 0.103. The van der Waals surface area contributed by atoms with Crippen LogP contribution in [0.3, 0.4) is 0 Å². The molecule has 1 aromatic carbocycles. The number of Topliss-reactive ketones (excluding diaryl/α,β-unsaturated/α-hetero) is 1. The monoisotopic (exact) mass is 341 g/mol. The number of hydrogen-bond donors (Lipinski definition) is 1. The number of carbonyl (C=O) groups excluding carboxylic acids is 2. The van der Waals surface area contributed by atoms with E-state index < -0.39 is 5.91 Å². The number of fused-ring (bicyclic) bond motifs is 5. The second kappa shape index (κ2) is 5.86. The number of ketones is 1. The third kappa shape index (κ3) is 2.41. The van der Waals surface area contributed by atoms with Crippen LogP contribution in [0, 0.1) is 17.3 Å². The maximum absolute atomic E-state index is 12.4. The Morgan fingerprint density at radius 3 is 2.80 bits per heavy atom. The van der Waals surface area contributed by atoms with Crippen LogP contribution in [0.2, 0.25) is 0 Å². The fourth-order valence-corrected chi connectivity index (χ4v) is 5.84. The molecule has 4 nitrogen and oxygen atoms in total. The Kier molecular flexibility index (Phi) is 3.89. The van der Waals surface area contributed by atoms with E-state index in [1.54, 1.807) is 0 Å². The van der Waals surface area contributed by atoms with Gasteiger partial charge in [-0.05, 0) is 80.0 Å². The van der Waals surface area contributed by atoms with Crippen LogP contribution in [-0.4, -0.2) is 18.3 Å². The van der Waals surface area contributed by atoms with Crippen LogP contribution >= 0.6 is 0 Å². The highest BCUT2D eigenvalue weighted by Crippen LogP contribution is 2.59. The van der Waals surface area contributed by atoms with Gasteiger partial charge in [0, 0.05) is 11.8 Å². The average molecular weight is 341 g/mol. The van der Waals surface area contributed by atoms with Crippen molar-refractivity contribution in [3.63, 3.8) is 0 Å². The van der Waals surface area contributed by atoms with Gasteiger partial charge in [0.25, 0.3) is 5.91 Å². The number of rotatable bonds is 3. The van der Waals surface area contributed by atoms with E-state index in [9.17, 15) is 9.59 Å². The highest BCUT2D eigenvalue weighted by atomic mass is 16.5. The number of nitrogens with two attached hydrogens (primary N) is 1. The highest BCUT2D eigenvalue weighted by molar-refractivity contribution is 5.96. The lowest BCUT2D eigenvalue weighted by Gasteiger charge is -2.48. The molecule has 0 bridgehead atoms. The quantitative estimate of drug-likeness (QED) is 0.913. The van der Waals surface area contributed by atoms with E-state index in [4.69, 9.17) is 10.5 Å². The van der Waals surface area contributed by atoms with Crippen molar-refractivity contribution in [3.8, 4) is 5.75 Å². The van der Waals surface area contributed by atoms with Crippen LogP contribution < -0.4 is 10.5 Å². The maximum Gasteiger partial charge on any atom is 0.252 e. The first-order chi connectivity index (χ1) is 12.0. The highest BCUT2D eigenvalue weighted by Gasteiger charge is 2.54. The summed E-state index contributed by atoms with van der Waals surface area (Å²) in [5.74, 6) is 2.23. The third-order valence-corrected chi connectivity index (χ3v) is 7.10. The van der Waals surface area contributed by atoms with Gasteiger partial charge < -0.3 is 10.5 Å². The Morgan fingerprint density at radius 2 is 2.08 bits per heavy atom. The Bertz CT molecular complexity index is 741. The zero-order valence-electron chi connectivity index (χ0n) is 15.1. The molecule has 2 N–H and O–H groups in total. The van der Waals surface area contributed by atoms with Crippen molar-refractivity contribution in [1.82, 2.24) is 0 Å². The second-order valence-corrected chi connectivity index (χ2v) is 8.18. The molecule has 0 aliphatic heterocycles. The zero-order chi connectivity index (χ0) is 17.8. The Hall–Kier alpha value is -1.84. The van der Waals surface area contributed by atoms with Crippen molar-refractivity contribution < 1.29 is 14.3 Å². The van der Waals surface area contributed by atoms with Gasteiger partial charge in [-0.25, -0.2) is 0 Å². The third-order valence-electron chi connectivity index (χ3n) is 7.10. The molecule has 0 saturated heterocycles. The number of ether oxygens (including phenoxy) is 1. The van der Waals surface area contributed by atoms with Crippen molar-refractivity contribution >= 4 is 11.7 Å². The van der Waals surface area contributed by atoms with Gasteiger partial charge in [0.15, 0.2) is 0 Å². The summed E-state index contributed by atoms with van der Waals surface area (Å²) in [4.78, 5) is 24.2. The number of amides is 1. The second-order valence-electron chi connectivity index (χ2n) is 8.18. The number of hydrogen-bond acceptors (Lipinski definition) is 3. The summed E-state index contributed by atoms with van der Waals surface area (Å²) in [6.07, 6.45) is 5.91. The van der Waals surface area contributed by atoms with Gasteiger partial charge in [-0.1, -0.05) is 6.92 Å². The number of aryl methyl sites for hydroxylation is 1. The van der Waals surface area contributed by atoms with Gasteiger partial charge in [0.05, 0.1) is 12.2 Å². The molecule has 0 radical (unpaired) electrons. The molecule has 2 saturated carbocycles. The molecule has 0 heterocycles. The van der Waals surface area contributed by atoms with E-state index in [1.807, 2.05) is 13.0 Å². The summed E-state index contributed by atoms with van der Waals surface area (Å²) < 4.78 is 5.71. The first-order valence-electron chi connectivity index (χ1n) is 9.58.